The van der Waals surface area contributed by atoms with E-state index in [1.165, 1.54) is 40.5 Å². The molecule has 0 aromatic heterocycles. The van der Waals surface area contributed by atoms with E-state index >= 15 is 0 Å². The summed E-state index contributed by atoms with van der Waals surface area (Å²) in [5.41, 5.74) is 0.613. The fourth-order valence-electron chi connectivity index (χ4n) is 3.02. The van der Waals surface area contributed by atoms with E-state index in [2.05, 4.69) is 17.6 Å². The summed E-state index contributed by atoms with van der Waals surface area (Å²) in [6.45, 7) is 2.23. The minimum atomic E-state index is -3.61. The number of ether oxygens (including phenoxy) is 1. The summed E-state index contributed by atoms with van der Waals surface area (Å²) in [6.07, 6.45) is 4.78. The predicted molar refractivity (Wildman–Crippen MR) is 105 cm³/mol. The molecular weight excluding hydrogens is 358 g/mol. The Morgan fingerprint density at radius 3 is 2.56 bits per heavy atom. The van der Waals surface area contributed by atoms with Gasteiger partial charge in [0.1, 0.15) is 10.6 Å². The van der Waals surface area contributed by atoms with E-state index in [9.17, 15) is 8.42 Å². The van der Waals surface area contributed by atoms with Gasteiger partial charge in [-0.05, 0) is 49.2 Å². The SMILES string of the molecule is COc1ccc(NC(=S)N[C@@H]2CCCC[C@H]2C)cc1S(=O)(=O)N(C)C. The number of rotatable bonds is 5. The number of benzene rings is 1. The Kier molecular flexibility index (Phi) is 6.65. The molecule has 1 aliphatic rings. The van der Waals surface area contributed by atoms with Crippen LogP contribution in [0.2, 0.25) is 0 Å². The van der Waals surface area contributed by atoms with E-state index < -0.39 is 10.0 Å². The highest BCUT2D eigenvalue weighted by molar-refractivity contribution is 7.89. The molecule has 8 heteroatoms. The molecule has 0 heterocycles. The van der Waals surface area contributed by atoms with Crippen LogP contribution < -0.4 is 15.4 Å². The second-order valence-corrected chi connectivity index (χ2v) is 9.15. The van der Waals surface area contributed by atoms with Gasteiger partial charge in [0.2, 0.25) is 10.0 Å². The van der Waals surface area contributed by atoms with Crippen LogP contribution in [-0.2, 0) is 10.0 Å². The lowest BCUT2D eigenvalue weighted by atomic mass is 9.86. The summed E-state index contributed by atoms with van der Waals surface area (Å²) in [5.74, 6) is 0.882. The molecule has 2 atom stereocenters. The topological polar surface area (TPSA) is 70.7 Å². The van der Waals surface area contributed by atoms with Crippen LogP contribution in [0.5, 0.6) is 5.75 Å². The first kappa shape index (κ1) is 19.9. The number of anilines is 1. The Hall–Kier alpha value is -1.38. The van der Waals surface area contributed by atoms with Crippen molar-refractivity contribution in [2.75, 3.05) is 26.5 Å². The highest BCUT2D eigenvalue weighted by Crippen LogP contribution is 2.29. The molecule has 1 aliphatic carbocycles. The van der Waals surface area contributed by atoms with Crippen LogP contribution in [0.15, 0.2) is 23.1 Å². The summed E-state index contributed by atoms with van der Waals surface area (Å²) in [6, 6.07) is 5.29. The van der Waals surface area contributed by atoms with Crippen molar-refractivity contribution in [2.24, 2.45) is 5.92 Å². The second kappa shape index (κ2) is 8.33. The van der Waals surface area contributed by atoms with Crippen molar-refractivity contribution in [3.05, 3.63) is 18.2 Å². The zero-order valence-corrected chi connectivity index (χ0v) is 16.8. The fourth-order valence-corrected chi connectivity index (χ4v) is 4.36. The molecule has 0 saturated heterocycles. The summed E-state index contributed by atoms with van der Waals surface area (Å²) in [4.78, 5) is 0.110. The lowest BCUT2D eigenvalue weighted by molar-refractivity contribution is 0.309. The van der Waals surface area contributed by atoms with E-state index in [0.29, 0.717) is 28.5 Å². The van der Waals surface area contributed by atoms with E-state index in [-0.39, 0.29) is 4.90 Å². The molecule has 25 heavy (non-hydrogen) atoms. The first-order valence-electron chi connectivity index (χ1n) is 8.43. The van der Waals surface area contributed by atoms with Crippen molar-refractivity contribution in [3.63, 3.8) is 0 Å². The Bertz CT molecular complexity index is 720. The van der Waals surface area contributed by atoms with Gasteiger partial charge in [0, 0.05) is 25.8 Å². The Balaban J connectivity index is 2.16. The van der Waals surface area contributed by atoms with Gasteiger partial charge in [-0.2, -0.15) is 0 Å². The van der Waals surface area contributed by atoms with E-state index in [0.717, 1.165) is 10.7 Å². The molecule has 0 bridgehead atoms. The first-order chi connectivity index (χ1) is 11.8. The number of nitrogens with one attached hydrogen (secondary N) is 2. The Morgan fingerprint density at radius 2 is 1.96 bits per heavy atom. The minimum Gasteiger partial charge on any atom is -0.495 e. The van der Waals surface area contributed by atoms with Gasteiger partial charge < -0.3 is 15.4 Å². The number of nitrogens with zero attached hydrogens (tertiary/aromatic N) is 1. The van der Waals surface area contributed by atoms with Gasteiger partial charge in [-0.25, -0.2) is 12.7 Å². The largest absolute Gasteiger partial charge is 0.495 e. The quantitative estimate of drug-likeness (QED) is 0.760. The number of hydrogen-bond donors (Lipinski definition) is 2. The highest BCUT2D eigenvalue weighted by Gasteiger charge is 2.24. The molecule has 0 spiro atoms. The zero-order valence-electron chi connectivity index (χ0n) is 15.2. The van der Waals surface area contributed by atoms with Crippen molar-refractivity contribution in [2.45, 2.75) is 43.5 Å². The van der Waals surface area contributed by atoms with Crippen LogP contribution in [0.4, 0.5) is 5.69 Å². The van der Waals surface area contributed by atoms with Crippen molar-refractivity contribution < 1.29 is 13.2 Å². The van der Waals surface area contributed by atoms with Crippen LogP contribution in [0, 0.1) is 5.92 Å². The van der Waals surface area contributed by atoms with Gasteiger partial charge in [-0.15, -0.1) is 0 Å². The van der Waals surface area contributed by atoms with E-state index in [4.69, 9.17) is 17.0 Å². The third-order valence-electron chi connectivity index (χ3n) is 4.61. The molecule has 0 unspecified atom stereocenters. The molecule has 0 aliphatic heterocycles. The second-order valence-electron chi connectivity index (χ2n) is 6.62. The number of thiocarbonyl (C=S) groups is 1. The molecule has 1 aromatic carbocycles. The maximum atomic E-state index is 12.5. The van der Waals surface area contributed by atoms with Crippen molar-refractivity contribution in [3.8, 4) is 5.75 Å². The van der Waals surface area contributed by atoms with Crippen molar-refractivity contribution in [1.82, 2.24) is 9.62 Å². The fraction of sp³-hybridized carbons (Fsp3) is 0.588. The van der Waals surface area contributed by atoms with Gasteiger partial charge in [-0.3, -0.25) is 0 Å². The average molecular weight is 386 g/mol. The normalized spacial score (nSPS) is 21.0. The molecule has 1 aromatic rings. The van der Waals surface area contributed by atoms with E-state index in [1.807, 2.05) is 0 Å². The Labute approximate surface area is 156 Å². The maximum absolute atomic E-state index is 12.5. The number of methoxy groups -OCH3 is 1. The highest BCUT2D eigenvalue weighted by atomic mass is 32.2. The lowest BCUT2D eigenvalue weighted by Crippen LogP contribution is -2.43. The summed E-state index contributed by atoms with van der Waals surface area (Å²) < 4.78 is 31.3. The van der Waals surface area contributed by atoms with Crippen LogP contribution in [0.3, 0.4) is 0 Å². The first-order valence-corrected chi connectivity index (χ1v) is 10.3. The molecule has 1 fully saturated rings. The Morgan fingerprint density at radius 1 is 1.28 bits per heavy atom. The smallest absolute Gasteiger partial charge is 0.246 e. The minimum absolute atomic E-state index is 0.110. The predicted octanol–water partition coefficient (Wildman–Crippen LogP) is 2.81. The molecule has 2 rings (SSSR count). The van der Waals surface area contributed by atoms with Gasteiger partial charge >= 0.3 is 0 Å². The van der Waals surface area contributed by atoms with Gasteiger partial charge in [0.05, 0.1) is 7.11 Å². The van der Waals surface area contributed by atoms with Crippen LogP contribution in [0.1, 0.15) is 32.6 Å². The molecule has 1 saturated carbocycles. The summed E-state index contributed by atoms with van der Waals surface area (Å²) in [7, 11) is 0.826. The third-order valence-corrected chi connectivity index (χ3v) is 6.66. The molecule has 2 N–H and O–H groups in total. The summed E-state index contributed by atoms with van der Waals surface area (Å²) >= 11 is 5.41. The molecule has 0 amide bonds. The van der Waals surface area contributed by atoms with Gasteiger partial charge in [0.25, 0.3) is 0 Å². The van der Waals surface area contributed by atoms with Crippen LogP contribution in [0.25, 0.3) is 0 Å². The maximum Gasteiger partial charge on any atom is 0.246 e. The lowest BCUT2D eigenvalue weighted by Gasteiger charge is -2.30. The van der Waals surface area contributed by atoms with Crippen LogP contribution in [-0.4, -0.2) is 45.1 Å². The molecular formula is C17H27N3O3S2. The molecule has 6 nitrogen and oxygen atoms in total. The van der Waals surface area contributed by atoms with Gasteiger partial charge in [-0.1, -0.05) is 19.8 Å². The zero-order chi connectivity index (χ0) is 18.6. The standard InChI is InChI=1S/C17H27N3O3S2/c1-12-7-5-6-8-14(12)19-17(24)18-13-9-10-15(23-4)16(11-13)25(21,22)20(2)3/h9-12,14H,5-8H2,1-4H3,(H2,18,19,24)/t12-,14-/m1/s1. The summed E-state index contributed by atoms with van der Waals surface area (Å²) in [5, 5.41) is 6.96. The number of sulfonamides is 1. The van der Waals surface area contributed by atoms with Crippen molar-refractivity contribution >= 4 is 33.0 Å². The number of hydrogen-bond acceptors (Lipinski definition) is 4. The third kappa shape index (κ3) is 4.83. The van der Waals surface area contributed by atoms with Crippen LogP contribution >= 0.6 is 12.2 Å². The van der Waals surface area contributed by atoms with Gasteiger partial charge in [0.15, 0.2) is 5.11 Å². The molecule has 140 valence electrons. The average Bonchev–Trinajstić information content (AvgIpc) is 2.56. The monoisotopic (exact) mass is 385 g/mol. The van der Waals surface area contributed by atoms with E-state index in [1.54, 1.807) is 18.2 Å². The molecule has 0 radical (unpaired) electrons. The van der Waals surface area contributed by atoms with Crippen molar-refractivity contribution in [1.29, 1.82) is 0 Å².